The van der Waals surface area contributed by atoms with Crippen LogP contribution in [0.5, 0.6) is 0 Å². The van der Waals surface area contributed by atoms with Crippen LogP contribution >= 0.6 is 49.9 Å². The lowest BCUT2D eigenvalue weighted by Gasteiger charge is -2.11. The molecule has 0 amide bonds. The molecule has 0 fully saturated rings. The summed E-state index contributed by atoms with van der Waals surface area (Å²) in [6, 6.07) is 10.5. The normalized spacial score (nSPS) is 12.7. The smallest absolute Gasteiger partial charge is 0.0344 e. The van der Waals surface area contributed by atoms with Gasteiger partial charge in [-0.05, 0) is 67.7 Å². The monoisotopic (exact) mass is 407 g/mol. The summed E-state index contributed by atoms with van der Waals surface area (Å²) in [5.74, 6) is 0. The van der Waals surface area contributed by atoms with Crippen molar-refractivity contribution in [3.05, 3.63) is 54.2 Å². The van der Waals surface area contributed by atoms with Crippen molar-refractivity contribution in [2.24, 2.45) is 5.73 Å². The van der Waals surface area contributed by atoms with Crippen molar-refractivity contribution < 1.29 is 0 Å². The van der Waals surface area contributed by atoms with Gasteiger partial charge in [-0.15, -0.1) is 11.3 Å². The summed E-state index contributed by atoms with van der Waals surface area (Å²) in [4.78, 5) is 1.31. The fourth-order valence-electron chi connectivity index (χ4n) is 1.53. The van der Waals surface area contributed by atoms with Crippen molar-refractivity contribution in [1.82, 2.24) is 0 Å². The zero-order valence-corrected chi connectivity index (χ0v) is 13.1. The van der Waals surface area contributed by atoms with E-state index in [0.717, 1.165) is 6.42 Å². The van der Waals surface area contributed by atoms with Crippen LogP contribution in [-0.4, -0.2) is 0 Å². The second kappa shape index (κ2) is 5.62. The molecule has 0 aliphatic heterocycles. The molecular weight excluding hydrogens is 397 g/mol. The maximum atomic E-state index is 6.21. The SMILES string of the molecule is NC(Cc1sccc1Br)c1cccc(I)c1. The molecule has 1 heterocycles. The molecule has 0 radical (unpaired) electrons. The van der Waals surface area contributed by atoms with Crippen LogP contribution in [0.25, 0.3) is 0 Å². The van der Waals surface area contributed by atoms with Gasteiger partial charge in [0, 0.05) is 25.4 Å². The molecule has 0 aliphatic rings. The van der Waals surface area contributed by atoms with Crippen LogP contribution in [0.15, 0.2) is 40.2 Å². The van der Waals surface area contributed by atoms with E-state index in [0.29, 0.717) is 0 Å². The van der Waals surface area contributed by atoms with Crippen LogP contribution in [0.2, 0.25) is 0 Å². The van der Waals surface area contributed by atoms with Gasteiger partial charge in [0.25, 0.3) is 0 Å². The number of rotatable bonds is 3. The van der Waals surface area contributed by atoms with Gasteiger partial charge in [0.1, 0.15) is 0 Å². The van der Waals surface area contributed by atoms with Gasteiger partial charge in [-0.3, -0.25) is 0 Å². The fourth-order valence-corrected chi connectivity index (χ4v) is 3.67. The second-order valence-corrected chi connectivity index (χ2v) is 6.66. The highest BCUT2D eigenvalue weighted by Crippen LogP contribution is 2.27. The Morgan fingerprint density at radius 3 is 2.81 bits per heavy atom. The van der Waals surface area contributed by atoms with Gasteiger partial charge >= 0.3 is 0 Å². The number of hydrogen-bond donors (Lipinski definition) is 1. The molecule has 0 bridgehead atoms. The highest BCUT2D eigenvalue weighted by atomic mass is 127. The lowest BCUT2D eigenvalue weighted by Crippen LogP contribution is -2.12. The zero-order valence-electron chi connectivity index (χ0n) is 8.49. The first kappa shape index (κ1) is 12.5. The first-order valence-electron chi connectivity index (χ1n) is 4.89. The fraction of sp³-hybridized carbons (Fsp3) is 0.167. The molecule has 1 aromatic carbocycles. The van der Waals surface area contributed by atoms with Crippen LogP contribution in [0.1, 0.15) is 16.5 Å². The standard InChI is InChI=1S/C12H11BrINS/c13-10-4-5-16-12(10)7-11(15)8-2-1-3-9(14)6-8/h1-6,11H,7,15H2. The predicted molar refractivity (Wildman–Crippen MR) is 81.8 cm³/mol. The van der Waals surface area contributed by atoms with Gasteiger partial charge in [0.05, 0.1) is 0 Å². The highest BCUT2D eigenvalue weighted by molar-refractivity contribution is 14.1. The van der Waals surface area contributed by atoms with Crippen molar-refractivity contribution in [3.8, 4) is 0 Å². The molecule has 2 rings (SSSR count). The number of hydrogen-bond acceptors (Lipinski definition) is 2. The lowest BCUT2D eigenvalue weighted by molar-refractivity contribution is 0.728. The van der Waals surface area contributed by atoms with Gasteiger partial charge in [-0.1, -0.05) is 12.1 Å². The third kappa shape index (κ3) is 3.06. The number of benzene rings is 1. The summed E-state index contributed by atoms with van der Waals surface area (Å²) in [5, 5.41) is 2.08. The summed E-state index contributed by atoms with van der Waals surface area (Å²) in [7, 11) is 0. The summed E-state index contributed by atoms with van der Waals surface area (Å²) < 4.78 is 2.40. The van der Waals surface area contributed by atoms with E-state index < -0.39 is 0 Å². The Hall–Kier alpha value is 0.0900. The summed E-state index contributed by atoms with van der Waals surface area (Å²) in [5.41, 5.74) is 7.41. The van der Waals surface area contributed by atoms with Crippen molar-refractivity contribution >= 4 is 49.9 Å². The van der Waals surface area contributed by atoms with Gasteiger partial charge in [-0.25, -0.2) is 0 Å². The maximum Gasteiger partial charge on any atom is 0.0344 e. The molecule has 1 atom stereocenters. The minimum absolute atomic E-state index is 0.0738. The Balaban J connectivity index is 2.14. The van der Waals surface area contributed by atoms with E-state index in [1.807, 2.05) is 0 Å². The molecule has 1 nitrogen and oxygen atoms in total. The van der Waals surface area contributed by atoms with E-state index in [-0.39, 0.29) is 6.04 Å². The Kier molecular flexibility index (Phi) is 4.41. The van der Waals surface area contributed by atoms with Gasteiger partial charge in [-0.2, -0.15) is 0 Å². The molecular formula is C12H11BrINS. The molecule has 2 N–H and O–H groups in total. The Bertz CT molecular complexity index is 483. The predicted octanol–water partition coefficient (Wildman–Crippen LogP) is 4.36. The van der Waals surface area contributed by atoms with E-state index in [4.69, 9.17) is 5.73 Å². The average molecular weight is 408 g/mol. The highest BCUT2D eigenvalue weighted by Gasteiger charge is 2.10. The van der Waals surface area contributed by atoms with Crippen molar-refractivity contribution in [3.63, 3.8) is 0 Å². The zero-order chi connectivity index (χ0) is 11.5. The Morgan fingerprint density at radius 2 is 2.19 bits per heavy atom. The number of thiophene rings is 1. The third-order valence-electron chi connectivity index (χ3n) is 2.37. The molecule has 1 aromatic heterocycles. The average Bonchev–Trinajstić information content (AvgIpc) is 2.64. The van der Waals surface area contributed by atoms with Crippen molar-refractivity contribution in [1.29, 1.82) is 0 Å². The summed E-state index contributed by atoms with van der Waals surface area (Å²) >= 11 is 7.60. The van der Waals surface area contributed by atoms with Gasteiger partial charge in [0.2, 0.25) is 0 Å². The summed E-state index contributed by atoms with van der Waals surface area (Å²) in [6.07, 6.45) is 0.887. The molecule has 0 saturated heterocycles. The largest absolute Gasteiger partial charge is 0.324 e. The van der Waals surface area contributed by atoms with Crippen LogP contribution in [0, 0.1) is 3.57 Å². The molecule has 0 spiro atoms. The minimum atomic E-state index is 0.0738. The quantitative estimate of drug-likeness (QED) is 0.751. The third-order valence-corrected chi connectivity index (χ3v) is 4.99. The van der Waals surface area contributed by atoms with Crippen LogP contribution in [0.4, 0.5) is 0 Å². The minimum Gasteiger partial charge on any atom is -0.324 e. The van der Waals surface area contributed by atoms with Crippen LogP contribution in [0.3, 0.4) is 0 Å². The van der Waals surface area contributed by atoms with Crippen LogP contribution < -0.4 is 5.73 Å². The van der Waals surface area contributed by atoms with E-state index in [2.05, 4.69) is 74.2 Å². The van der Waals surface area contributed by atoms with Gasteiger partial charge < -0.3 is 5.73 Å². The van der Waals surface area contributed by atoms with E-state index in [9.17, 15) is 0 Å². The molecule has 2 aromatic rings. The van der Waals surface area contributed by atoms with Crippen molar-refractivity contribution in [2.75, 3.05) is 0 Å². The first-order chi connectivity index (χ1) is 7.66. The maximum absolute atomic E-state index is 6.21. The molecule has 0 aliphatic carbocycles. The molecule has 0 saturated carbocycles. The molecule has 1 unspecified atom stereocenters. The van der Waals surface area contributed by atoms with E-state index in [1.54, 1.807) is 11.3 Å². The molecule has 16 heavy (non-hydrogen) atoms. The first-order valence-corrected chi connectivity index (χ1v) is 7.65. The molecule has 4 heteroatoms. The molecule has 84 valence electrons. The van der Waals surface area contributed by atoms with E-state index >= 15 is 0 Å². The Morgan fingerprint density at radius 1 is 1.38 bits per heavy atom. The second-order valence-electron chi connectivity index (χ2n) is 3.56. The summed E-state index contributed by atoms with van der Waals surface area (Å²) in [6.45, 7) is 0. The Labute approximate surface area is 121 Å². The van der Waals surface area contributed by atoms with E-state index in [1.165, 1.54) is 18.5 Å². The number of halogens is 2. The lowest BCUT2D eigenvalue weighted by atomic mass is 10.0. The van der Waals surface area contributed by atoms with Gasteiger partial charge in [0.15, 0.2) is 0 Å². The topological polar surface area (TPSA) is 26.0 Å². The number of nitrogens with two attached hydrogens (primary N) is 1. The van der Waals surface area contributed by atoms with Crippen molar-refractivity contribution in [2.45, 2.75) is 12.5 Å². The van der Waals surface area contributed by atoms with Crippen LogP contribution in [-0.2, 0) is 6.42 Å².